The average Bonchev–Trinajstić information content (AvgIpc) is 3.49. The highest BCUT2D eigenvalue weighted by Crippen LogP contribution is 2.52. The molecule has 3 aromatic rings. The van der Waals surface area contributed by atoms with Crippen LogP contribution in [0.1, 0.15) is 17.9 Å². The van der Waals surface area contributed by atoms with E-state index in [0.717, 1.165) is 16.7 Å². The Labute approximate surface area is 180 Å². The molecule has 1 aliphatic carbocycles. The molecule has 0 spiro atoms. The van der Waals surface area contributed by atoms with Crippen LogP contribution in [0.15, 0.2) is 83.8 Å². The maximum atomic E-state index is 13.0. The molecule has 7 heteroatoms. The minimum Gasteiger partial charge on any atom is -0.468 e. The molecule has 0 amide bonds. The van der Waals surface area contributed by atoms with Gasteiger partial charge in [-0.3, -0.25) is 4.79 Å². The molecule has 5 nitrogen and oxygen atoms in total. The Hall–Kier alpha value is -2.67. The fourth-order valence-electron chi connectivity index (χ4n) is 3.68. The number of ether oxygens (including phenoxy) is 1. The van der Waals surface area contributed by atoms with Crippen molar-refractivity contribution in [1.29, 1.82) is 0 Å². The van der Waals surface area contributed by atoms with Crippen LogP contribution in [-0.4, -0.2) is 27.0 Å². The van der Waals surface area contributed by atoms with Gasteiger partial charge in [-0.1, -0.05) is 66.2 Å². The lowest BCUT2D eigenvalue weighted by Crippen LogP contribution is -2.45. The Balaban J connectivity index is 1.59. The molecule has 0 saturated heterocycles. The van der Waals surface area contributed by atoms with Crippen LogP contribution in [0.3, 0.4) is 0 Å². The van der Waals surface area contributed by atoms with Gasteiger partial charge in [0, 0.05) is 10.9 Å². The fraction of sp³-hybridized carbons (Fsp3) is 0.174. The van der Waals surface area contributed by atoms with Crippen LogP contribution in [0.5, 0.6) is 0 Å². The Kier molecular flexibility index (Phi) is 5.40. The van der Waals surface area contributed by atoms with Crippen molar-refractivity contribution in [2.75, 3.05) is 7.11 Å². The number of rotatable bonds is 6. The summed E-state index contributed by atoms with van der Waals surface area (Å²) >= 11 is 5.92. The molecule has 0 aliphatic heterocycles. The zero-order valence-electron chi connectivity index (χ0n) is 16.2. The standard InChI is InChI=1S/C23H20ClNO4S/c1-29-22(26)23(15-21(23)18-5-3-2-4-6-18)25-30(27,28)20-13-9-17(10-14-20)16-7-11-19(24)12-8-16/h2-14,21,25H,15H2,1H3/t21-,23+/m0/s1. The first-order chi connectivity index (χ1) is 14.4. The molecule has 3 aromatic carbocycles. The number of carbonyl (C=O) groups excluding carboxylic acids is 1. The van der Waals surface area contributed by atoms with E-state index in [-0.39, 0.29) is 10.8 Å². The predicted molar refractivity (Wildman–Crippen MR) is 116 cm³/mol. The van der Waals surface area contributed by atoms with Gasteiger partial charge in [-0.2, -0.15) is 4.72 Å². The number of halogens is 1. The Morgan fingerprint density at radius 2 is 1.53 bits per heavy atom. The average molecular weight is 442 g/mol. The van der Waals surface area contributed by atoms with Gasteiger partial charge >= 0.3 is 5.97 Å². The topological polar surface area (TPSA) is 72.5 Å². The quantitative estimate of drug-likeness (QED) is 0.576. The van der Waals surface area contributed by atoms with E-state index in [1.807, 2.05) is 42.5 Å². The summed E-state index contributed by atoms with van der Waals surface area (Å²) in [4.78, 5) is 12.6. The number of esters is 1. The molecular formula is C23H20ClNO4S. The SMILES string of the molecule is COC(=O)[C@@]1(NS(=O)(=O)c2ccc(-c3ccc(Cl)cc3)cc2)C[C@H]1c1ccccc1. The van der Waals surface area contributed by atoms with Crippen LogP contribution in [0.25, 0.3) is 11.1 Å². The van der Waals surface area contributed by atoms with Crippen molar-refractivity contribution in [3.05, 3.63) is 89.4 Å². The van der Waals surface area contributed by atoms with Gasteiger partial charge in [0.05, 0.1) is 12.0 Å². The molecule has 0 unspecified atom stereocenters. The molecule has 1 aliphatic rings. The van der Waals surface area contributed by atoms with Crippen molar-refractivity contribution in [3.63, 3.8) is 0 Å². The van der Waals surface area contributed by atoms with E-state index in [2.05, 4.69) is 4.72 Å². The smallest absolute Gasteiger partial charge is 0.327 e. The van der Waals surface area contributed by atoms with Crippen LogP contribution in [0, 0.1) is 0 Å². The molecule has 1 fully saturated rings. The van der Waals surface area contributed by atoms with Crippen LogP contribution < -0.4 is 4.72 Å². The van der Waals surface area contributed by atoms with Crippen molar-refractivity contribution in [2.45, 2.75) is 22.8 Å². The van der Waals surface area contributed by atoms with Gasteiger partial charge in [-0.25, -0.2) is 8.42 Å². The normalized spacial score (nSPS) is 20.5. The summed E-state index contributed by atoms with van der Waals surface area (Å²) in [5.41, 5.74) is 1.39. The van der Waals surface area contributed by atoms with Crippen molar-refractivity contribution < 1.29 is 17.9 Å². The van der Waals surface area contributed by atoms with Gasteiger partial charge in [0.15, 0.2) is 0 Å². The van der Waals surface area contributed by atoms with Crippen LogP contribution in [0.2, 0.25) is 5.02 Å². The van der Waals surface area contributed by atoms with E-state index in [9.17, 15) is 13.2 Å². The number of hydrogen-bond acceptors (Lipinski definition) is 4. The fourth-order valence-corrected chi connectivity index (χ4v) is 5.21. The first-order valence-corrected chi connectivity index (χ1v) is 11.3. The second kappa shape index (κ2) is 7.87. The van der Waals surface area contributed by atoms with E-state index in [1.54, 1.807) is 24.3 Å². The molecule has 1 saturated carbocycles. The number of sulfonamides is 1. The van der Waals surface area contributed by atoms with Gasteiger partial charge in [0.1, 0.15) is 5.54 Å². The van der Waals surface area contributed by atoms with Gasteiger partial charge in [0.25, 0.3) is 0 Å². The number of hydrogen-bond donors (Lipinski definition) is 1. The Morgan fingerprint density at radius 1 is 0.967 bits per heavy atom. The van der Waals surface area contributed by atoms with E-state index < -0.39 is 21.5 Å². The Morgan fingerprint density at radius 3 is 2.10 bits per heavy atom. The third kappa shape index (κ3) is 3.86. The molecule has 0 heterocycles. The molecule has 154 valence electrons. The molecule has 1 N–H and O–H groups in total. The summed E-state index contributed by atoms with van der Waals surface area (Å²) in [6.07, 6.45) is 0.353. The number of carbonyl (C=O) groups is 1. The predicted octanol–water partition coefficient (Wildman–Crippen LogP) is 4.38. The summed E-state index contributed by atoms with van der Waals surface area (Å²) in [6.45, 7) is 0. The first kappa shape index (κ1) is 20.6. The van der Waals surface area contributed by atoms with E-state index in [4.69, 9.17) is 16.3 Å². The molecule has 30 heavy (non-hydrogen) atoms. The highest BCUT2D eigenvalue weighted by molar-refractivity contribution is 7.89. The summed E-state index contributed by atoms with van der Waals surface area (Å²) < 4.78 is 33.6. The zero-order chi connectivity index (χ0) is 21.4. The number of nitrogens with one attached hydrogen (secondary N) is 1. The molecule has 4 rings (SSSR count). The highest BCUT2D eigenvalue weighted by Gasteiger charge is 2.63. The molecule has 0 bridgehead atoms. The van der Waals surface area contributed by atoms with Crippen molar-refractivity contribution >= 4 is 27.6 Å². The maximum Gasteiger partial charge on any atom is 0.327 e. The second-order valence-corrected chi connectivity index (χ2v) is 9.39. The largest absolute Gasteiger partial charge is 0.468 e. The second-order valence-electron chi connectivity index (χ2n) is 7.27. The summed E-state index contributed by atoms with van der Waals surface area (Å²) in [5.74, 6) is -0.855. The van der Waals surface area contributed by atoms with E-state index in [0.29, 0.717) is 11.4 Å². The van der Waals surface area contributed by atoms with Crippen LogP contribution in [-0.2, 0) is 19.6 Å². The number of methoxy groups -OCH3 is 1. The van der Waals surface area contributed by atoms with Gasteiger partial charge < -0.3 is 4.74 Å². The third-order valence-electron chi connectivity index (χ3n) is 5.37. The third-order valence-corrected chi connectivity index (χ3v) is 7.15. The first-order valence-electron chi connectivity index (χ1n) is 9.39. The lowest BCUT2D eigenvalue weighted by atomic mass is 10.1. The highest BCUT2D eigenvalue weighted by atomic mass is 35.5. The zero-order valence-corrected chi connectivity index (χ0v) is 17.8. The lowest BCUT2D eigenvalue weighted by molar-refractivity contribution is -0.143. The minimum absolute atomic E-state index is 0.0854. The van der Waals surface area contributed by atoms with Crippen molar-refractivity contribution in [1.82, 2.24) is 4.72 Å². The van der Waals surface area contributed by atoms with E-state index >= 15 is 0 Å². The van der Waals surface area contributed by atoms with Gasteiger partial charge in [-0.15, -0.1) is 0 Å². The maximum absolute atomic E-state index is 13.0. The van der Waals surface area contributed by atoms with E-state index in [1.165, 1.54) is 19.2 Å². The van der Waals surface area contributed by atoms with Crippen LogP contribution >= 0.6 is 11.6 Å². The lowest BCUT2D eigenvalue weighted by Gasteiger charge is -2.18. The molecule has 0 aromatic heterocycles. The minimum atomic E-state index is -3.93. The van der Waals surface area contributed by atoms with Gasteiger partial charge in [0.2, 0.25) is 10.0 Å². The van der Waals surface area contributed by atoms with Crippen molar-refractivity contribution in [3.8, 4) is 11.1 Å². The monoisotopic (exact) mass is 441 g/mol. The molecule has 0 radical (unpaired) electrons. The summed E-state index contributed by atoms with van der Waals surface area (Å²) in [6, 6.07) is 23.1. The number of benzene rings is 3. The van der Waals surface area contributed by atoms with Crippen LogP contribution in [0.4, 0.5) is 0 Å². The Bertz CT molecular complexity index is 1160. The summed E-state index contributed by atoms with van der Waals surface area (Å²) in [7, 11) is -2.67. The molecule has 2 atom stereocenters. The summed E-state index contributed by atoms with van der Waals surface area (Å²) in [5, 5.41) is 0.632. The van der Waals surface area contributed by atoms with Gasteiger partial charge in [-0.05, 0) is 47.4 Å². The van der Waals surface area contributed by atoms with Crippen molar-refractivity contribution in [2.24, 2.45) is 0 Å². The molecular weight excluding hydrogens is 422 g/mol.